The summed E-state index contributed by atoms with van der Waals surface area (Å²) in [5.41, 5.74) is 0.897. The molecule has 1 fully saturated rings. The quantitative estimate of drug-likeness (QED) is 0.744. The fourth-order valence-electron chi connectivity index (χ4n) is 3.44. The molecule has 0 aromatic heterocycles. The molecule has 2 rings (SSSR count). The molecule has 1 aliphatic heterocycles. The second kappa shape index (κ2) is 8.02. The normalized spacial score (nSPS) is 26.0. The van der Waals surface area contributed by atoms with Gasteiger partial charge in [0.15, 0.2) is 9.84 Å². The molecular formula is C17H25F3N2O3S. The van der Waals surface area contributed by atoms with Crippen LogP contribution in [0.5, 0.6) is 0 Å². The van der Waals surface area contributed by atoms with Gasteiger partial charge in [0.1, 0.15) is 0 Å². The van der Waals surface area contributed by atoms with Crippen molar-refractivity contribution in [2.45, 2.75) is 57.3 Å². The molecule has 1 unspecified atom stereocenters. The van der Waals surface area contributed by atoms with E-state index in [1.54, 1.807) is 6.92 Å². The van der Waals surface area contributed by atoms with Crippen molar-refractivity contribution in [2.75, 3.05) is 12.8 Å². The van der Waals surface area contributed by atoms with Crippen LogP contribution in [0.1, 0.15) is 39.0 Å². The highest BCUT2D eigenvalue weighted by molar-refractivity contribution is 7.93. The Balaban J connectivity index is 2.10. The van der Waals surface area contributed by atoms with Gasteiger partial charge in [0.2, 0.25) is 0 Å². The first-order chi connectivity index (χ1) is 12.0. The van der Waals surface area contributed by atoms with Crippen molar-refractivity contribution in [1.82, 2.24) is 10.2 Å². The number of carbonyl (C=O) groups excluding carboxylic acids is 1. The van der Waals surface area contributed by atoms with Crippen molar-refractivity contribution in [3.05, 3.63) is 23.1 Å². The molecule has 5 nitrogen and oxygen atoms in total. The molecule has 2 amide bonds. The van der Waals surface area contributed by atoms with E-state index < -0.39 is 40.0 Å². The van der Waals surface area contributed by atoms with Crippen LogP contribution in [0.3, 0.4) is 0 Å². The summed E-state index contributed by atoms with van der Waals surface area (Å²) in [6.07, 6.45) is 2.27. The van der Waals surface area contributed by atoms with Gasteiger partial charge >= 0.3 is 12.2 Å². The monoisotopic (exact) mass is 394 g/mol. The SMILES string of the molecule is CC(/C=C/S(C)(=O)=O)NC(=O)N1CC[C@H](C(F)(F)F)C[C@@H]1C1=CCCC1. The Bertz CT molecular complexity index is 686. The Morgan fingerprint density at radius 3 is 2.65 bits per heavy atom. The minimum absolute atomic E-state index is 0.0283. The minimum Gasteiger partial charge on any atom is -0.332 e. The van der Waals surface area contributed by atoms with Crippen molar-refractivity contribution in [1.29, 1.82) is 0 Å². The molecule has 26 heavy (non-hydrogen) atoms. The zero-order valence-electron chi connectivity index (χ0n) is 14.9. The van der Waals surface area contributed by atoms with E-state index >= 15 is 0 Å². The molecule has 2 aliphatic rings. The first-order valence-corrected chi connectivity index (χ1v) is 10.6. The summed E-state index contributed by atoms with van der Waals surface area (Å²) < 4.78 is 61.8. The summed E-state index contributed by atoms with van der Waals surface area (Å²) in [6.45, 7) is 1.65. The minimum atomic E-state index is -4.26. The van der Waals surface area contributed by atoms with Crippen LogP contribution in [0.25, 0.3) is 0 Å². The average Bonchev–Trinajstić information content (AvgIpc) is 3.05. The second-order valence-corrected chi connectivity index (χ2v) is 8.97. The number of allylic oxidation sites excluding steroid dienone is 1. The number of amides is 2. The third kappa shape index (κ3) is 5.75. The van der Waals surface area contributed by atoms with Crippen LogP contribution in [0.4, 0.5) is 18.0 Å². The summed E-state index contributed by atoms with van der Waals surface area (Å²) in [5, 5.41) is 3.66. The summed E-state index contributed by atoms with van der Waals surface area (Å²) in [5.74, 6) is -1.40. The number of rotatable bonds is 4. The molecule has 0 spiro atoms. The lowest BCUT2D eigenvalue weighted by Gasteiger charge is -2.41. The number of nitrogens with one attached hydrogen (secondary N) is 1. The lowest BCUT2D eigenvalue weighted by Crippen LogP contribution is -2.54. The van der Waals surface area contributed by atoms with Gasteiger partial charge in [0.25, 0.3) is 0 Å². The molecule has 0 aromatic carbocycles. The van der Waals surface area contributed by atoms with Gasteiger partial charge in [0, 0.05) is 24.3 Å². The standard InChI is InChI=1S/C17H25F3N2O3S/c1-12(8-10-26(2,24)25)21-16(23)22-9-7-14(17(18,19)20)11-15(22)13-5-3-4-6-13/h5,8,10,12,14-15H,3-4,6-7,9,11H2,1-2H3,(H,21,23)/b10-8+/t12?,14-,15+/m0/s1. The fraction of sp³-hybridized carbons (Fsp3) is 0.706. The molecule has 3 atom stereocenters. The molecule has 0 aromatic rings. The number of carbonyl (C=O) groups is 1. The Morgan fingerprint density at radius 1 is 1.42 bits per heavy atom. The van der Waals surface area contributed by atoms with E-state index in [0.29, 0.717) is 6.42 Å². The average molecular weight is 394 g/mol. The molecule has 1 heterocycles. The molecule has 1 N–H and O–H groups in total. The predicted octanol–water partition coefficient (Wildman–Crippen LogP) is 3.40. The van der Waals surface area contributed by atoms with Gasteiger partial charge in [-0.15, -0.1) is 0 Å². The van der Waals surface area contributed by atoms with Gasteiger partial charge in [-0.25, -0.2) is 13.2 Å². The number of nitrogens with zero attached hydrogens (tertiary/aromatic N) is 1. The largest absolute Gasteiger partial charge is 0.391 e. The van der Waals surface area contributed by atoms with Gasteiger partial charge in [-0.3, -0.25) is 0 Å². The van der Waals surface area contributed by atoms with E-state index in [0.717, 1.165) is 30.1 Å². The molecule has 0 radical (unpaired) electrons. The third-order valence-electron chi connectivity index (χ3n) is 4.80. The highest BCUT2D eigenvalue weighted by atomic mass is 32.2. The topological polar surface area (TPSA) is 66.5 Å². The van der Waals surface area contributed by atoms with Crippen LogP contribution in [0, 0.1) is 5.92 Å². The Hall–Kier alpha value is -1.51. The van der Waals surface area contributed by atoms with Crippen molar-refractivity contribution in [3.63, 3.8) is 0 Å². The number of alkyl halides is 3. The van der Waals surface area contributed by atoms with Crippen LogP contribution in [-0.4, -0.2) is 50.4 Å². The van der Waals surface area contributed by atoms with Crippen molar-refractivity contribution in [2.24, 2.45) is 5.92 Å². The molecule has 1 aliphatic carbocycles. The number of hydrogen-bond acceptors (Lipinski definition) is 3. The lowest BCUT2D eigenvalue weighted by molar-refractivity contribution is -0.186. The molecule has 0 bridgehead atoms. The van der Waals surface area contributed by atoms with E-state index in [4.69, 9.17) is 0 Å². The van der Waals surface area contributed by atoms with Crippen molar-refractivity contribution < 1.29 is 26.4 Å². The Morgan fingerprint density at radius 2 is 2.12 bits per heavy atom. The molecule has 148 valence electrons. The van der Waals surface area contributed by atoms with Gasteiger partial charge < -0.3 is 10.2 Å². The number of hydrogen-bond donors (Lipinski definition) is 1. The maximum absolute atomic E-state index is 13.1. The van der Waals surface area contributed by atoms with Crippen LogP contribution in [0.2, 0.25) is 0 Å². The summed E-state index contributed by atoms with van der Waals surface area (Å²) >= 11 is 0. The second-order valence-electron chi connectivity index (χ2n) is 7.04. The van der Waals surface area contributed by atoms with Crippen molar-refractivity contribution >= 4 is 15.9 Å². The fourth-order valence-corrected chi connectivity index (χ4v) is 3.96. The third-order valence-corrected chi connectivity index (χ3v) is 5.45. The number of sulfone groups is 1. The molecule has 0 saturated carbocycles. The highest BCUT2D eigenvalue weighted by Crippen LogP contribution is 2.40. The van der Waals surface area contributed by atoms with Crippen LogP contribution >= 0.6 is 0 Å². The smallest absolute Gasteiger partial charge is 0.332 e. The van der Waals surface area contributed by atoms with E-state index in [2.05, 4.69) is 5.32 Å². The predicted molar refractivity (Wildman–Crippen MR) is 93.2 cm³/mol. The van der Waals surface area contributed by atoms with Crippen LogP contribution < -0.4 is 5.32 Å². The zero-order valence-corrected chi connectivity index (χ0v) is 15.7. The first kappa shape index (κ1) is 20.8. The van der Waals surface area contributed by atoms with E-state index in [1.807, 2.05) is 6.08 Å². The maximum Gasteiger partial charge on any atom is 0.391 e. The zero-order chi connectivity index (χ0) is 19.5. The van der Waals surface area contributed by atoms with Gasteiger partial charge in [-0.1, -0.05) is 17.7 Å². The molecular weight excluding hydrogens is 369 g/mol. The van der Waals surface area contributed by atoms with E-state index in [-0.39, 0.29) is 19.4 Å². The van der Waals surface area contributed by atoms with E-state index in [1.165, 1.54) is 11.0 Å². The molecule has 9 heteroatoms. The van der Waals surface area contributed by atoms with Crippen molar-refractivity contribution in [3.8, 4) is 0 Å². The van der Waals surface area contributed by atoms with Gasteiger partial charge in [0.05, 0.1) is 12.0 Å². The van der Waals surface area contributed by atoms with Crippen LogP contribution in [-0.2, 0) is 9.84 Å². The number of urea groups is 1. The Kier molecular flexibility index (Phi) is 6.42. The van der Waals surface area contributed by atoms with E-state index in [9.17, 15) is 26.4 Å². The maximum atomic E-state index is 13.1. The highest BCUT2D eigenvalue weighted by Gasteiger charge is 2.46. The van der Waals surface area contributed by atoms with Gasteiger partial charge in [-0.05, 0) is 39.0 Å². The summed E-state index contributed by atoms with van der Waals surface area (Å²) in [7, 11) is -3.31. The number of halogens is 3. The first-order valence-electron chi connectivity index (χ1n) is 8.68. The molecule has 1 saturated heterocycles. The Labute approximate surface area is 152 Å². The number of likely N-dealkylation sites (tertiary alicyclic amines) is 1. The summed E-state index contributed by atoms with van der Waals surface area (Å²) in [6, 6.07) is -1.56. The van der Waals surface area contributed by atoms with Crippen LogP contribution in [0.15, 0.2) is 23.1 Å². The lowest BCUT2D eigenvalue weighted by atomic mass is 9.86. The van der Waals surface area contributed by atoms with Gasteiger partial charge in [-0.2, -0.15) is 13.2 Å². The summed E-state index contributed by atoms with van der Waals surface area (Å²) in [4.78, 5) is 14.0. The number of piperidine rings is 1.